The van der Waals surface area contributed by atoms with Crippen LogP contribution in [0.3, 0.4) is 0 Å². The first-order valence-corrected chi connectivity index (χ1v) is 9.54. The lowest BCUT2D eigenvalue weighted by molar-refractivity contribution is -0.133. The zero-order valence-corrected chi connectivity index (χ0v) is 16.5. The average molecular weight is 403 g/mol. The number of hydrogen-bond acceptors (Lipinski definition) is 4. The smallest absolute Gasteiger partial charge is 0.260 e. The van der Waals surface area contributed by atoms with Crippen molar-refractivity contribution in [3.8, 4) is 11.5 Å². The molecule has 0 aliphatic carbocycles. The Morgan fingerprint density at radius 2 is 1.75 bits per heavy atom. The van der Waals surface area contributed by atoms with E-state index in [1.165, 1.54) is 0 Å². The van der Waals surface area contributed by atoms with E-state index in [4.69, 9.17) is 21.1 Å². The van der Waals surface area contributed by atoms with Gasteiger partial charge < -0.3 is 19.3 Å². The van der Waals surface area contributed by atoms with Gasteiger partial charge in [-0.3, -0.25) is 9.59 Å². The van der Waals surface area contributed by atoms with Crippen LogP contribution in [0.25, 0.3) is 0 Å². The molecular weight excluding hydrogens is 380 g/mol. The molecule has 3 rings (SSSR count). The third kappa shape index (κ3) is 4.95. The van der Waals surface area contributed by atoms with Crippen LogP contribution >= 0.6 is 11.6 Å². The van der Waals surface area contributed by atoms with Gasteiger partial charge in [0.1, 0.15) is 11.5 Å². The highest BCUT2D eigenvalue weighted by atomic mass is 35.5. The van der Waals surface area contributed by atoms with Crippen molar-refractivity contribution in [1.29, 1.82) is 0 Å². The van der Waals surface area contributed by atoms with Gasteiger partial charge in [-0.05, 0) is 36.8 Å². The number of ether oxygens (including phenoxy) is 2. The maximum Gasteiger partial charge on any atom is 0.260 e. The first-order chi connectivity index (χ1) is 13.6. The number of rotatable bonds is 5. The lowest BCUT2D eigenvalue weighted by atomic mass is 10.1. The summed E-state index contributed by atoms with van der Waals surface area (Å²) in [6.07, 6.45) is 0.712. The van der Waals surface area contributed by atoms with Crippen LogP contribution < -0.4 is 9.47 Å². The van der Waals surface area contributed by atoms with Gasteiger partial charge in [0.25, 0.3) is 11.8 Å². The van der Waals surface area contributed by atoms with Crippen molar-refractivity contribution in [2.45, 2.75) is 6.42 Å². The topological polar surface area (TPSA) is 59.1 Å². The van der Waals surface area contributed by atoms with Gasteiger partial charge in [0.2, 0.25) is 0 Å². The van der Waals surface area contributed by atoms with Crippen molar-refractivity contribution in [1.82, 2.24) is 9.80 Å². The highest BCUT2D eigenvalue weighted by Crippen LogP contribution is 2.20. The normalized spacial score (nSPS) is 14.4. The van der Waals surface area contributed by atoms with Gasteiger partial charge in [0, 0.05) is 31.2 Å². The number of carbonyl (C=O) groups is 2. The van der Waals surface area contributed by atoms with Gasteiger partial charge in [-0.25, -0.2) is 0 Å². The van der Waals surface area contributed by atoms with Gasteiger partial charge in [0.15, 0.2) is 6.61 Å². The molecule has 1 fully saturated rings. The molecule has 2 aromatic carbocycles. The molecule has 148 valence electrons. The lowest BCUT2D eigenvalue weighted by Gasteiger charge is -2.23. The van der Waals surface area contributed by atoms with Crippen LogP contribution in [-0.2, 0) is 4.79 Å². The Morgan fingerprint density at radius 3 is 2.54 bits per heavy atom. The molecule has 1 aliphatic heterocycles. The lowest BCUT2D eigenvalue weighted by Crippen LogP contribution is -2.39. The Balaban J connectivity index is 1.56. The second kappa shape index (κ2) is 9.46. The van der Waals surface area contributed by atoms with E-state index >= 15 is 0 Å². The van der Waals surface area contributed by atoms with Crippen LogP contribution in [0.15, 0.2) is 48.5 Å². The summed E-state index contributed by atoms with van der Waals surface area (Å²) in [7, 11) is 1.55. The van der Waals surface area contributed by atoms with Crippen molar-refractivity contribution in [2.24, 2.45) is 0 Å². The van der Waals surface area contributed by atoms with Gasteiger partial charge in [-0.2, -0.15) is 0 Å². The van der Waals surface area contributed by atoms with Crippen molar-refractivity contribution >= 4 is 23.4 Å². The first kappa shape index (κ1) is 20.0. The van der Waals surface area contributed by atoms with Crippen LogP contribution in [0.5, 0.6) is 11.5 Å². The molecule has 0 atom stereocenters. The minimum atomic E-state index is -0.105. The van der Waals surface area contributed by atoms with E-state index in [0.717, 1.165) is 0 Å². The van der Waals surface area contributed by atoms with Crippen LogP contribution in [0, 0.1) is 0 Å². The third-order valence-electron chi connectivity index (χ3n) is 4.63. The highest BCUT2D eigenvalue weighted by molar-refractivity contribution is 6.30. The van der Waals surface area contributed by atoms with Crippen LogP contribution in [-0.4, -0.2) is 61.5 Å². The number of para-hydroxylation sites is 1. The van der Waals surface area contributed by atoms with Crippen molar-refractivity contribution < 1.29 is 19.1 Å². The van der Waals surface area contributed by atoms with E-state index < -0.39 is 0 Å². The average Bonchev–Trinajstić information content (AvgIpc) is 2.98. The number of carbonyl (C=O) groups excluding carboxylic acids is 2. The zero-order chi connectivity index (χ0) is 19.9. The fraction of sp³-hybridized carbons (Fsp3) is 0.333. The summed E-state index contributed by atoms with van der Waals surface area (Å²) in [6, 6.07) is 14.1. The van der Waals surface area contributed by atoms with Crippen molar-refractivity contribution in [2.75, 3.05) is 39.9 Å². The summed E-state index contributed by atoms with van der Waals surface area (Å²) in [6.45, 7) is 2.07. The quantitative estimate of drug-likeness (QED) is 0.771. The Morgan fingerprint density at radius 1 is 1.00 bits per heavy atom. The Labute approximate surface area is 169 Å². The summed E-state index contributed by atoms with van der Waals surface area (Å²) in [5.74, 6) is 0.928. The molecule has 1 aliphatic rings. The Kier molecular flexibility index (Phi) is 6.76. The second-order valence-electron chi connectivity index (χ2n) is 6.47. The molecule has 1 heterocycles. The molecule has 1 saturated heterocycles. The number of benzene rings is 2. The number of methoxy groups -OCH3 is 1. The minimum Gasteiger partial charge on any atom is -0.496 e. The van der Waals surface area contributed by atoms with E-state index in [-0.39, 0.29) is 18.4 Å². The molecular formula is C21H23ClN2O4. The molecule has 0 aromatic heterocycles. The summed E-state index contributed by atoms with van der Waals surface area (Å²) in [4.78, 5) is 28.9. The van der Waals surface area contributed by atoms with Crippen LogP contribution in [0.4, 0.5) is 0 Å². The number of amides is 2. The zero-order valence-electron chi connectivity index (χ0n) is 15.8. The van der Waals surface area contributed by atoms with Crippen molar-refractivity contribution in [3.05, 3.63) is 59.1 Å². The van der Waals surface area contributed by atoms with Gasteiger partial charge in [-0.15, -0.1) is 0 Å². The first-order valence-electron chi connectivity index (χ1n) is 9.17. The van der Waals surface area contributed by atoms with Crippen LogP contribution in [0.2, 0.25) is 5.02 Å². The largest absolute Gasteiger partial charge is 0.496 e. The maximum absolute atomic E-state index is 12.9. The number of halogens is 1. The molecule has 0 bridgehead atoms. The minimum absolute atomic E-state index is 0.0548. The molecule has 0 unspecified atom stereocenters. The molecule has 2 aromatic rings. The third-order valence-corrected chi connectivity index (χ3v) is 4.87. The molecule has 0 spiro atoms. The summed E-state index contributed by atoms with van der Waals surface area (Å²) < 4.78 is 10.8. The number of nitrogens with zero attached hydrogens (tertiary/aromatic N) is 2. The second-order valence-corrected chi connectivity index (χ2v) is 6.91. The standard InChI is InChI=1S/C21H23ClN2O4/c1-27-19-9-3-2-8-18(19)21(26)24-11-5-10-23(12-13-24)20(25)15-28-17-7-4-6-16(22)14-17/h2-4,6-9,14H,5,10-13,15H2,1H3. The Hall–Kier alpha value is -2.73. The SMILES string of the molecule is COc1ccccc1C(=O)N1CCCN(C(=O)COc2cccc(Cl)c2)CC1. The molecule has 0 saturated carbocycles. The van der Waals surface area contributed by atoms with E-state index in [1.54, 1.807) is 53.3 Å². The predicted octanol–water partition coefficient (Wildman–Crippen LogP) is 3.10. The predicted molar refractivity (Wildman–Crippen MR) is 107 cm³/mol. The Bertz CT molecular complexity index is 843. The van der Waals surface area contributed by atoms with Gasteiger partial charge in [0.05, 0.1) is 12.7 Å². The fourth-order valence-electron chi connectivity index (χ4n) is 3.15. The number of hydrogen-bond donors (Lipinski definition) is 0. The van der Waals surface area contributed by atoms with Crippen LogP contribution in [0.1, 0.15) is 16.8 Å². The van der Waals surface area contributed by atoms with E-state index in [0.29, 0.717) is 54.7 Å². The fourth-order valence-corrected chi connectivity index (χ4v) is 3.34. The van der Waals surface area contributed by atoms with E-state index in [1.807, 2.05) is 12.1 Å². The maximum atomic E-state index is 12.9. The monoisotopic (exact) mass is 402 g/mol. The summed E-state index contributed by atoms with van der Waals surface area (Å²) >= 11 is 5.93. The summed E-state index contributed by atoms with van der Waals surface area (Å²) in [5, 5.41) is 0.560. The molecule has 0 radical (unpaired) electrons. The van der Waals surface area contributed by atoms with Gasteiger partial charge >= 0.3 is 0 Å². The molecule has 28 heavy (non-hydrogen) atoms. The molecule has 7 heteroatoms. The summed E-state index contributed by atoms with van der Waals surface area (Å²) in [5.41, 5.74) is 0.536. The molecule has 0 N–H and O–H groups in total. The molecule has 2 amide bonds. The highest BCUT2D eigenvalue weighted by Gasteiger charge is 2.24. The van der Waals surface area contributed by atoms with Crippen molar-refractivity contribution in [3.63, 3.8) is 0 Å². The van der Waals surface area contributed by atoms with E-state index in [9.17, 15) is 9.59 Å². The van der Waals surface area contributed by atoms with E-state index in [2.05, 4.69) is 0 Å². The van der Waals surface area contributed by atoms with Gasteiger partial charge in [-0.1, -0.05) is 29.8 Å². The molecule has 6 nitrogen and oxygen atoms in total.